The van der Waals surface area contributed by atoms with Crippen molar-refractivity contribution >= 4 is 21.4 Å². The van der Waals surface area contributed by atoms with Gasteiger partial charge in [0.1, 0.15) is 0 Å². The predicted octanol–water partition coefficient (Wildman–Crippen LogP) is 3.52. The number of sulfone groups is 1. The number of ether oxygens (including phenoxy) is 1. The number of hydrogen-bond acceptors (Lipinski definition) is 5. The number of likely N-dealkylation sites (tertiary alicyclic amines) is 1. The summed E-state index contributed by atoms with van der Waals surface area (Å²) in [6, 6.07) is 4.25. The van der Waals surface area contributed by atoms with Crippen molar-refractivity contribution in [3.63, 3.8) is 0 Å². The second-order valence-electron chi connectivity index (χ2n) is 10.0. The third kappa shape index (κ3) is 5.84. The summed E-state index contributed by atoms with van der Waals surface area (Å²) < 4.78 is 30.3. The van der Waals surface area contributed by atoms with Gasteiger partial charge in [-0.05, 0) is 83.1 Å². The highest BCUT2D eigenvalue weighted by molar-refractivity contribution is 7.91. The molecule has 2 aliphatic rings. The van der Waals surface area contributed by atoms with Crippen LogP contribution in [-0.4, -0.2) is 68.6 Å². The summed E-state index contributed by atoms with van der Waals surface area (Å²) in [5.41, 5.74) is 4.72. The topological polar surface area (TPSA) is 66.9 Å². The summed E-state index contributed by atoms with van der Waals surface area (Å²) in [6.07, 6.45) is 2.35. The summed E-state index contributed by atoms with van der Waals surface area (Å²) in [6.45, 7) is 15.0. The number of carbonyl (C=O) groups is 1. The molecule has 0 N–H and O–H groups in total. The Bertz CT molecular complexity index is 910. The number of benzene rings is 1. The maximum atomic E-state index is 13.0. The Morgan fingerprint density at radius 3 is 2.22 bits per heavy atom. The van der Waals surface area contributed by atoms with E-state index in [-0.39, 0.29) is 35.0 Å². The first-order valence-electron chi connectivity index (χ1n) is 12.0. The van der Waals surface area contributed by atoms with Gasteiger partial charge in [0.2, 0.25) is 5.91 Å². The molecule has 3 rings (SSSR count). The zero-order chi connectivity index (χ0) is 23.6. The Hall–Kier alpha value is -1.60. The van der Waals surface area contributed by atoms with Gasteiger partial charge in [-0.3, -0.25) is 4.79 Å². The second kappa shape index (κ2) is 10.1. The van der Waals surface area contributed by atoms with Crippen LogP contribution in [0.4, 0.5) is 5.69 Å². The number of anilines is 1. The number of nitrogens with zero attached hydrogens (tertiary/aromatic N) is 2. The van der Waals surface area contributed by atoms with E-state index in [1.165, 1.54) is 16.8 Å². The zero-order valence-electron chi connectivity index (χ0n) is 20.6. The molecule has 2 aliphatic heterocycles. The zero-order valence-corrected chi connectivity index (χ0v) is 21.4. The maximum Gasteiger partial charge on any atom is 0.226 e. The SMILES string of the molecule is Cc1c(CC(=O)N2CCC(CS(=O)(=O)C(C)C)CC2)ccc(N2C[C@@H](C)O[C@@H](C)C2)c1C. The molecule has 0 aromatic heterocycles. The Morgan fingerprint density at radius 1 is 1.06 bits per heavy atom. The molecule has 0 radical (unpaired) electrons. The molecule has 2 atom stereocenters. The van der Waals surface area contributed by atoms with Crippen LogP contribution in [0.5, 0.6) is 0 Å². The maximum absolute atomic E-state index is 13.0. The van der Waals surface area contributed by atoms with Crippen molar-refractivity contribution in [3.05, 3.63) is 28.8 Å². The highest BCUT2D eigenvalue weighted by Gasteiger charge is 2.29. The van der Waals surface area contributed by atoms with E-state index >= 15 is 0 Å². The summed E-state index contributed by atoms with van der Waals surface area (Å²) in [5.74, 6) is 0.540. The highest BCUT2D eigenvalue weighted by Crippen LogP contribution is 2.29. The molecule has 1 amide bonds. The van der Waals surface area contributed by atoms with Crippen molar-refractivity contribution in [2.75, 3.05) is 36.8 Å². The Balaban J connectivity index is 1.61. The van der Waals surface area contributed by atoms with Crippen molar-refractivity contribution in [1.82, 2.24) is 4.90 Å². The van der Waals surface area contributed by atoms with Gasteiger partial charge in [-0.25, -0.2) is 8.42 Å². The van der Waals surface area contributed by atoms with E-state index in [4.69, 9.17) is 4.74 Å². The van der Waals surface area contributed by atoms with E-state index in [1.54, 1.807) is 13.8 Å². The predicted molar refractivity (Wildman–Crippen MR) is 130 cm³/mol. The van der Waals surface area contributed by atoms with Crippen molar-refractivity contribution in [3.8, 4) is 0 Å². The van der Waals surface area contributed by atoms with Crippen molar-refractivity contribution in [1.29, 1.82) is 0 Å². The lowest BCUT2D eigenvalue weighted by molar-refractivity contribution is -0.131. The van der Waals surface area contributed by atoms with E-state index < -0.39 is 9.84 Å². The van der Waals surface area contributed by atoms with Crippen molar-refractivity contribution in [2.45, 2.75) is 78.3 Å². The fourth-order valence-electron chi connectivity index (χ4n) is 4.92. The molecule has 0 saturated carbocycles. The number of carbonyl (C=O) groups excluding carboxylic acids is 1. The van der Waals surface area contributed by atoms with Crippen LogP contribution < -0.4 is 4.90 Å². The van der Waals surface area contributed by atoms with Gasteiger partial charge in [-0.1, -0.05) is 6.07 Å². The normalized spacial score (nSPS) is 23.1. The average Bonchev–Trinajstić information content (AvgIpc) is 2.71. The van der Waals surface area contributed by atoms with Gasteiger partial charge in [0.15, 0.2) is 9.84 Å². The van der Waals surface area contributed by atoms with E-state index in [1.807, 2.05) is 4.90 Å². The minimum Gasteiger partial charge on any atom is -0.372 e. The molecule has 2 fully saturated rings. The number of morpholine rings is 1. The molecule has 1 aromatic rings. The summed E-state index contributed by atoms with van der Waals surface area (Å²) in [7, 11) is -3.03. The minimum absolute atomic E-state index is 0.138. The summed E-state index contributed by atoms with van der Waals surface area (Å²) >= 11 is 0. The molecule has 2 heterocycles. The van der Waals surface area contributed by atoms with E-state index in [0.717, 1.165) is 31.5 Å². The second-order valence-corrected chi connectivity index (χ2v) is 12.6. The van der Waals surface area contributed by atoms with E-state index in [9.17, 15) is 13.2 Å². The third-order valence-electron chi connectivity index (χ3n) is 7.13. The molecular weight excluding hydrogens is 424 g/mol. The van der Waals surface area contributed by atoms with Gasteiger partial charge in [0.05, 0.1) is 29.6 Å². The van der Waals surface area contributed by atoms with Crippen LogP contribution >= 0.6 is 0 Å². The van der Waals surface area contributed by atoms with Crippen LogP contribution in [0, 0.1) is 19.8 Å². The van der Waals surface area contributed by atoms with Crippen molar-refractivity contribution < 1.29 is 17.9 Å². The number of amides is 1. The van der Waals surface area contributed by atoms with Crippen LogP contribution in [0.25, 0.3) is 0 Å². The van der Waals surface area contributed by atoms with Crippen molar-refractivity contribution in [2.24, 2.45) is 5.92 Å². The van der Waals surface area contributed by atoms with Gasteiger partial charge >= 0.3 is 0 Å². The first-order valence-corrected chi connectivity index (χ1v) is 13.7. The van der Waals surface area contributed by atoms with Crippen LogP contribution in [0.2, 0.25) is 0 Å². The first-order chi connectivity index (χ1) is 15.0. The Kier molecular flexibility index (Phi) is 7.92. The van der Waals surface area contributed by atoms with Gasteiger partial charge in [-0.15, -0.1) is 0 Å². The minimum atomic E-state index is -3.03. The van der Waals surface area contributed by atoms with E-state index in [2.05, 4.69) is 44.7 Å². The van der Waals surface area contributed by atoms with Gasteiger partial charge in [-0.2, -0.15) is 0 Å². The fourth-order valence-corrected chi connectivity index (χ4v) is 6.29. The highest BCUT2D eigenvalue weighted by atomic mass is 32.2. The monoisotopic (exact) mass is 464 g/mol. The molecule has 0 bridgehead atoms. The third-order valence-corrected chi connectivity index (χ3v) is 9.50. The molecule has 1 aromatic carbocycles. The standard InChI is InChI=1S/C25H40N2O4S/c1-17(2)32(29,30)16-22-9-11-26(12-10-22)25(28)13-23-7-8-24(21(6)20(23)5)27-14-18(3)31-19(4)15-27/h7-8,17-19,22H,9-16H2,1-6H3/t18-,19+. The Labute approximate surface area is 194 Å². The van der Waals surface area contributed by atoms with Crippen LogP contribution in [0.1, 0.15) is 57.2 Å². The molecule has 7 heteroatoms. The molecule has 0 aliphatic carbocycles. The lowest BCUT2D eigenvalue weighted by Gasteiger charge is -2.38. The average molecular weight is 465 g/mol. The number of hydrogen-bond donors (Lipinski definition) is 0. The van der Waals surface area contributed by atoms with Gasteiger partial charge in [0.25, 0.3) is 0 Å². The molecule has 6 nitrogen and oxygen atoms in total. The molecule has 0 unspecified atom stereocenters. The Morgan fingerprint density at radius 2 is 1.66 bits per heavy atom. The first kappa shape index (κ1) is 25.0. The van der Waals surface area contributed by atoms with Gasteiger partial charge < -0.3 is 14.5 Å². The molecule has 2 saturated heterocycles. The summed E-state index contributed by atoms with van der Waals surface area (Å²) in [5, 5.41) is -0.333. The van der Waals surface area contributed by atoms with Crippen LogP contribution in [-0.2, 0) is 25.8 Å². The number of piperidine rings is 1. The summed E-state index contributed by atoms with van der Waals surface area (Å²) in [4.78, 5) is 17.3. The van der Waals surface area contributed by atoms with Crippen LogP contribution in [0.3, 0.4) is 0 Å². The molecule has 0 spiro atoms. The van der Waals surface area contributed by atoms with Crippen LogP contribution in [0.15, 0.2) is 12.1 Å². The largest absolute Gasteiger partial charge is 0.372 e. The fraction of sp³-hybridized carbons (Fsp3) is 0.720. The number of rotatable bonds is 6. The lowest BCUT2D eigenvalue weighted by atomic mass is 9.96. The smallest absolute Gasteiger partial charge is 0.226 e. The van der Waals surface area contributed by atoms with Gasteiger partial charge in [0, 0.05) is 31.9 Å². The molecule has 32 heavy (non-hydrogen) atoms. The molecular formula is C25H40N2O4S. The van der Waals surface area contributed by atoms with E-state index in [0.29, 0.717) is 19.5 Å². The molecule has 180 valence electrons. The quantitative estimate of drug-likeness (QED) is 0.644. The lowest BCUT2D eigenvalue weighted by Crippen LogP contribution is -2.45.